The third-order valence-corrected chi connectivity index (χ3v) is 7.29. The molecule has 2 atom stereocenters. The van der Waals surface area contributed by atoms with Crippen molar-refractivity contribution < 1.29 is 12.8 Å². The Hall–Kier alpha value is -1.87. The Morgan fingerprint density at radius 2 is 1.69 bits per heavy atom. The minimum Gasteiger partial charge on any atom is -0.309 e. The molecule has 9 heteroatoms. The fourth-order valence-electron chi connectivity index (χ4n) is 4.18. The Bertz CT molecular complexity index is 1010. The predicted molar refractivity (Wildman–Crippen MR) is 115 cm³/mol. The van der Waals surface area contributed by atoms with Crippen LogP contribution in [0.1, 0.15) is 13.8 Å². The largest absolute Gasteiger partial charge is 0.331 e. The van der Waals surface area contributed by atoms with Crippen molar-refractivity contribution in [3.05, 3.63) is 53.3 Å². The minimum atomic E-state index is -3.96. The topological polar surface area (TPSA) is 55.9 Å². The second kappa shape index (κ2) is 7.75. The summed E-state index contributed by atoms with van der Waals surface area (Å²) in [6, 6.07) is 11.7. The second-order valence-electron chi connectivity index (χ2n) is 7.66. The average molecular weight is 439 g/mol. The Kier molecular flexibility index (Phi) is 5.46. The summed E-state index contributed by atoms with van der Waals surface area (Å²) in [4.78, 5) is 2.26. The predicted octanol–water partition coefficient (Wildman–Crippen LogP) is 3.36. The standard InChI is InChI=1S/C20H24ClFN4O2S/c1-14-12-24(13-15(2)23-14)9-10-25-19-5-3-4-6-20(19)26(29(25,27)28)18-8-7-16(21)11-17(18)22/h3-8,11,14-15,23H,9-10,12-13H2,1-2H3/t14-,15+. The maximum absolute atomic E-state index is 14.6. The SMILES string of the molecule is C[C@@H]1CN(CCN2c3ccccc3N(c3ccc(Cl)cc3F)S2(=O)=O)C[C@H](C)N1. The Morgan fingerprint density at radius 3 is 2.34 bits per heavy atom. The first-order chi connectivity index (χ1) is 13.8. The monoisotopic (exact) mass is 438 g/mol. The fraction of sp³-hybridized carbons (Fsp3) is 0.400. The van der Waals surface area contributed by atoms with E-state index in [1.165, 1.54) is 16.4 Å². The van der Waals surface area contributed by atoms with Crippen molar-refractivity contribution in [1.82, 2.24) is 10.2 Å². The van der Waals surface area contributed by atoms with E-state index in [0.29, 0.717) is 36.5 Å². The molecule has 2 aromatic carbocycles. The highest BCUT2D eigenvalue weighted by atomic mass is 35.5. The second-order valence-corrected chi connectivity index (χ2v) is 9.80. The van der Waals surface area contributed by atoms with Crippen molar-refractivity contribution >= 4 is 38.9 Å². The highest BCUT2D eigenvalue weighted by Gasteiger charge is 2.42. The van der Waals surface area contributed by atoms with Gasteiger partial charge in [0.25, 0.3) is 0 Å². The zero-order valence-corrected chi connectivity index (χ0v) is 17.9. The highest BCUT2D eigenvalue weighted by Crippen LogP contribution is 2.45. The molecule has 0 bridgehead atoms. The molecular weight excluding hydrogens is 415 g/mol. The first-order valence-corrected chi connectivity index (χ1v) is 11.4. The molecule has 0 aliphatic carbocycles. The van der Waals surface area contributed by atoms with E-state index in [1.807, 2.05) is 0 Å². The Balaban J connectivity index is 1.65. The van der Waals surface area contributed by atoms with Crippen LogP contribution in [0, 0.1) is 5.82 Å². The summed E-state index contributed by atoms with van der Waals surface area (Å²) >= 11 is 5.85. The number of piperazine rings is 1. The molecule has 29 heavy (non-hydrogen) atoms. The molecular formula is C20H24ClFN4O2S. The van der Waals surface area contributed by atoms with Gasteiger partial charge in [-0.15, -0.1) is 0 Å². The van der Waals surface area contributed by atoms with Crippen molar-refractivity contribution in [2.75, 3.05) is 34.8 Å². The lowest BCUT2D eigenvalue weighted by atomic mass is 10.1. The normalized spacial score (nSPS) is 24.0. The first-order valence-electron chi connectivity index (χ1n) is 9.63. The first kappa shape index (κ1) is 20.4. The lowest BCUT2D eigenvalue weighted by molar-refractivity contribution is 0.178. The number of fused-ring (bicyclic) bond motifs is 1. The van der Waals surface area contributed by atoms with Gasteiger partial charge in [0.1, 0.15) is 5.82 Å². The molecule has 0 radical (unpaired) electrons. The van der Waals surface area contributed by atoms with E-state index >= 15 is 0 Å². The molecule has 2 aromatic rings. The highest BCUT2D eigenvalue weighted by molar-refractivity contribution is 7.95. The number of hydrogen-bond acceptors (Lipinski definition) is 4. The number of hydrogen-bond donors (Lipinski definition) is 1. The quantitative estimate of drug-likeness (QED) is 0.795. The van der Waals surface area contributed by atoms with Gasteiger partial charge in [0, 0.05) is 43.3 Å². The van der Waals surface area contributed by atoms with Gasteiger partial charge in [-0.1, -0.05) is 23.7 Å². The molecule has 1 saturated heterocycles. The molecule has 0 amide bonds. The van der Waals surface area contributed by atoms with Gasteiger partial charge in [0.2, 0.25) is 0 Å². The fourth-order valence-corrected chi connectivity index (χ4v) is 6.06. The minimum absolute atomic E-state index is 0.0335. The van der Waals surface area contributed by atoms with Crippen LogP contribution in [0.5, 0.6) is 0 Å². The third kappa shape index (κ3) is 3.82. The zero-order valence-electron chi connectivity index (χ0n) is 16.3. The van der Waals surface area contributed by atoms with E-state index in [2.05, 4.69) is 24.1 Å². The molecule has 1 N–H and O–H groups in total. The molecule has 2 heterocycles. The van der Waals surface area contributed by atoms with E-state index in [-0.39, 0.29) is 10.7 Å². The van der Waals surface area contributed by atoms with E-state index in [1.54, 1.807) is 24.3 Å². The van der Waals surface area contributed by atoms with Gasteiger partial charge < -0.3 is 5.32 Å². The van der Waals surface area contributed by atoms with Crippen LogP contribution in [-0.2, 0) is 10.2 Å². The third-order valence-electron chi connectivity index (χ3n) is 5.26. The van der Waals surface area contributed by atoms with Gasteiger partial charge in [0.05, 0.1) is 17.1 Å². The van der Waals surface area contributed by atoms with Gasteiger partial charge in [0.15, 0.2) is 0 Å². The van der Waals surface area contributed by atoms with Crippen LogP contribution in [-0.4, -0.2) is 51.6 Å². The van der Waals surface area contributed by atoms with Crippen molar-refractivity contribution in [1.29, 1.82) is 0 Å². The van der Waals surface area contributed by atoms with Gasteiger partial charge >= 0.3 is 10.2 Å². The summed E-state index contributed by atoms with van der Waals surface area (Å²) in [7, 11) is -3.96. The van der Waals surface area contributed by atoms with Gasteiger partial charge in [-0.2, -0.15) is 8.42 Å². The van der Waals surface area contributed by atoms with Crippen molar-refractivity contribution in [2.24, 2.45) is 0 Å². The summed E-state index contributed by atoms with van der Waals surface area (Å²) in [6.45, 7) is 6.85. The maximum Gasteiger partial charge on any atom is 0.331 e. The van der Waals surface area contributed by atoms with Crippen LogP contribution in [0.2, 0.25) is 5.02 Å². The number of nitrogens with zero attached hydrogens (tertiary/aromatic N) is 3. The van der Waals surface area contributed by atoms with Crippen molar-refractivity contribution in [3.63, 3.8) is 0 Å². The zero-order chi connectivity index (χ0) is 20.8. The van der Waals surface area contributed by atoms with Crippen LogP contribution in [0.3, 0.4) is 0 Å². The van der Waals surface area contributed by atoms with Gasteiger partial charge in [-0.3, -0.25) is 4.90 Å². The number of halogens is 2. The van der Waals surface area contributed by atoms with Crippen LogP contribution in [0.4, 0.5) is 21.5 Å². The summed E-state index contributed by atoms with van der Waals surface area (Å²) in [6.07, 6.45) is 0. The number of rotatable bonds is 4. The van der Waals surface area contributed by atoms with Crippen LogP contribution in [0.25, 0.3) is 0 Å². The van der Waals surface area contributed by atoms with Crippen LogP contribution in [0.15, 0.2) is 42.5 Å². The van der Waals surface area contributed by atoms with E-state index < -0.39 is 16.0 Å². The molecule has 2 aliphatic rings. The smallest absolute Gasteiger partial charge is 0.309 e. The summed E-state index contributed by atoms with van der Waals surface area (Å²) in [5, 5.41) is 3.69. The van der Waals surface area contributed by atoms with Crippen molar-refractivity contribution in [3.8, 4) is 0 Å². The average Bonchev–Trinajstić information content (AvgIpc) is 2.86. The van der Waals surface area contributed by atoms with E-state index in [0.717, 1.165) is 23.5 Å². The van der Waals surface area contributed by atoms with Crippen LogP contribution < -0.4 is 13.9 Å². The van der Waals surface area contributed by atoms with E-state index in [4.69, 9.17) is 11.6 Å². The summed E-state index contributed by atoms with van der Waals surface area (Å²) in [5.41, 5.74) is 0.961. The number of benzene rings is 2. The molecule has 6 nitrogen and oxygen atoms in total. The maximum atomic E-state index is 14.6. The number of para-hydroxylation sites is 2. The molecule has 2 aliphatic heterocycles. The van der Waals surface area contributed by atoms with E-state index in [9.17, 15) is 12.8 Å². The Morgan fingerprint density at radius 1 is 1.03 bits per heavy atom. The number of nitrogens with one attached hydrogen (secondary N) is 1. The lowest BCUT2D eigenvalue weighted by Crippen LogP contribution is -2.55. The van der Waals surface area contributed by atoms with Gasteiger partial charge in [-0.25, -0.2) is 13.0 Å². The summed E-state index contributed by atoms with van der Waals surface area (Å²) < 4.78 is 43.9. The number of anilines is 3. The molecule has 0 spiro atoms. The van der Waals surface area contributed by atoms with Crippen molar-refractivity contribution in [2.45, 2.75) is 25.9 Å². The molecule has 0 aromatic heterocycles. The lowest BCUT2D eigenvalue weighted by Gasteiger charge is -2.36. The summed E-state index contributed by atoms with van der Waals surface area (Å²) in [5.74, 6) is -0.678. The van der Waals surface area contributed by atoms with Gasteiger partial charge in [-0.05, 0) is 44.2 Å². The molecule has 156 valence electrons. The van der Waals surface area contributed by atoms with Crippen LogP contribution >= 0.6 is 11.6 Å². The Labute approximate surface area is 176 Å². The molecule has 0 unspecified atom stereocenters. The molecule has 0 saturated carbocycles. The molecule has 4 rings (SSSR count). The molecule has 1 fully saturated rings.